The average Bonchev–Trinajstić information content (AvgIpc) is 2.75. The molecular formula is C13H24NO. The quantitative estimate of drug-likeness (QED) is 0.538. The van der Waals surface area contributed by atoms with Crippen molar-refractivity contribution in [1.29, 1.82) is 0 Å². The van der Waals surface area contributed by atoms with E-state index in [-0.39, 0.29) is 0 Å². The molecule has 0 saturated heterocycles. The van der Waals surface area contributed by atoms with Crippen LogP contribution in [-0.2, 0) is 4.74 Å². The lowest BCUT2D eigenvalue weighted by Crippen LogP contribution is -2.16. The SMILES string of the molecule is [CH2]CCCCCCCCCN1C=COC1. The number of rotatable bonds is 9. The zero-order valence-corrected chi connectivity index (χ0v) is 9.79. The minimum absolute atomic E-state index is 0.753. The molecule has 1 rings (SSSR count). The van der Waals surface area contributed by atoms with Crippen molar-refractivity contribution in [3.63, 3.8) is 0 Å². The second kappa shape index (κ2) is 8.63. The van der Waals surface area contributed by atoms with Crippen LogP contribution in [0.4, 0.5) is 0 Å². The van der Waals surface area contributed by atoms with Gasteiger partial charge in [0.15, 0.2) is 6.73 Å². The average molecular weight is 210 g/mol. The fraction of sp³-hybridized carbons (Fsp3) is 0.769. The first kappa shape index (κ1) is 12.4. The summed E-state index contributed by atoms with van der Waals surface area (Å²) in [5.41, 5.74) is 0. The molecule has 0 saturated carbocycles. The van der Waals surface area contributed by atoms with Crippen LogP contribution in [0.2, 0.25) is 0 Å². The Hall–Kier alpha value is -0.660. The van der Waals surface area contributed by atoms with Gasteiger partial charge in [-0.1, -0.05) is 51.9 Å². The first-order valence-electron chi connectivity index (χ1n) is 6.25. The van der Waals surface area contributed by atoms with Crippen molar-refractivity contribution in [2.24, 2.45) is 0 Å². The van der Waals surface area contributed by atoms with Crippen molar-refractivity contribution in [2.45, 2.75) is 51.4 Å². The molecule has 2 heteroatoms. The van der Waals surface area contributed by atoms with Crippen molar-refractivity contribution in [1.82, 2.24) is 4.90 Å². The Morgan fingerprint density at radius 1 is 1.00 bits per heavy atom. The van der Waals surface area contributed by atoms with Gasteiger partial charge in [-0.3, -0.25) is 0 Å². The van der Waals surface area contributed by atoms with Gasteiger partial charge in [0.1, 0.15) is 6.26 Å². The lowest BCUT2D eigenvalue weighted by atomic mass is 10.1. The predicted molar refractivity (Wildman–Crippen MR) is 64.1 cm³/mol. The Morgan fingerprint density at radius 3 is 2.27 bits per heavy atom. The number of nitrogens with zero attached hydrogens (tertiary/aromatic N) is 1. The largest absolute Gasteiger partial charge is 0.479 e. The summed E-state index contributed by atoms with van der Waals surface area (Å²) < 4.78 is 5.12. The molecule has 0 aromatic carbocycles. The van der Waals surface area contributed by atoms with Gasteiger partial charge >= 0.3 is 0 Å². The summed E-state index contributed by atoms with van der Waals surface area (Å²) in [6.45, 7) is 5.75. The Kier molecular flexibility index (Phi) is 7.14. The highest BCUT2D eigenvalue weighted by atomic mass is 16.5. The summed E-state index contributed by atoms with van der Waals surface area (Å²) in [4.78, 5) is 2.22. The zero-order valence-electron chi connectivity index (χ0n) is 9.79. The summed E-state index contributed by atoms with van der Waals surface area (Å²) >= 11 is 0. The molecule has 0 aromatic heterocycles. The molecule has 1 radical (unpaired) electrons. The number of hydrogen-bond donors (Lipinski definition) is 0. The van der Waals surface area contributed by atoms with Gasteiger partial charge in [-0.2, -0.15) is 0 Å². The molecule has 0 N–H and O–H groups in total. The Morgan fingerprint density at radius 2 is 1.67 bits per heavy atom. The molecule has 0 spiro atoms. The fourth-order valence-electron chi connectivity index (χ4n) is 1.83. The molecule has 0 aromatic rings. The highest BCUT2D eigenvalue weighted by molar-refractivity contribution is 4.79. The third-order valence-corrected chi connectivity index (χ3v) is 2.80. The highest BCUT2D eigenvalue weighted by Gasteiger charge is 2.02. The third-order valence-electron chi connectivity index (χ3n) is 2.80. The van der Waals surface area contributed by atoms with Crippen molar-refractivity contribution < 1.29 is 4.74 Å². The standard InChI is InChI=1S/C13H24NO/c1-2-3-4-5-6-7-8-9-10-14-11-12-15-13-14/h11-12H,1-10,13H2. The topological polar surface area (TPSA) is 12.5 Å². The molecule has 15 heavy (non-hydrogen) atoms. The maximum Gasteiger partial charge on any atom is 0.160 e. The van der Waals surface area contributed by atoms with Crippen LogP contribution in [0.3, 0.4) is 0 Å². The summed E-state index contributed by atoms with van der Waals surface area (Å²) in [7, 11) is 0. The lowest BCUT2D eigenvalue weighted by Gasteiger charge is -2.12. The van der Waals surface area contributed by atoms with E-state index in [4.69, 9.17) is 4.74 Å². The van der Waals surface area contributed by atoms with E-state index in [0.29, 0.717) is 0 Å². The molecule has 2 nitrogen and oxygen atoms in total. The summed E-state index contributed by atoms with van der Waals surface area (Å²) in [6.07, 6.45) is 14.4. The zero-order chi connectivity index (χ0) is 10.8. The minimum Gasteiger partial charge on any atom is -0.479 e. The maximum atomic E-state index is 5.12. The normalized spacial score (nSPS) is 14.6. The molecule has 1 aliphatic rings. The van der Waals surface area contributed by atoms with E-state index in [1.54, 1.807) is 6.26 Å². The Balaban J connectivity index is 1.75. The van der Waals surface area contributed by atoms with Gasteiger partial charge in [0.2, 0.25) is 0 Å². The smallest absolute Gasteiger partial charge is 0.160 e. The van der Waals surface area contributed by atoms with E-state index in [1.807, 2.05) is 6.20 Å². The highest BCUT2D eigenvalue weighted by Crippen LogP contribution is 2.09. The molecule has 0 unspecified atom stereocenters. The van der Waals surface area contributed by atoms with Crippen LogP contribution in [0.25, 0.3) is 0 Å². The van der Waals surface area contributed by atoms with Gasteiger partial charge in [0.25, 0.3) is 0 Å². The van der Waals surface area contributed by atoms with Crippen molar-refractivity contribution in [3.8, 4) is 0 Å². The van der Waals surface area contributed by atoms with Crippen LogP contribution < -0.4 is 0 Å². The molecule has 0 aliphatic carbocycles. The van der Waals surface area contributed by atoms with E-state index in [2.05, 4.69) is 11.8 Å². The monoisotopic (exact) mass is 210 g/mol. The first-order chi connectivity index (χ1) is 7.43. The predicted octanol–water partition coefficient (Wildman–Crippen LogP) is 3.70. The van der Waals surface area contributed by atoms with Gasteiger partial charge in [-0.25, -0.2) is 0 Å². The summed E-state index contributed by atoms with van der Waals surface area (Å²) in [5.74, 6) is 0. The van der Waals surface area contributed by atoms with Crippen LogP contribution in [0.15, 0.2) is 12.5 Å². The second-order valence-electron chi connectivity index (χ2n) is 4.22. The van der Waals surface area contributed by atoms with Gasteiger partial charge < -0.3 is 9.64 Å². The van der Waals surface area contributed by atoms with Gasteiger partial charge in [-0.15, -0.1) is 0 Å². The Bertz CT molecular complexity index is 168. The molecule has 0 atom stereocenters. The molecule has 0 amide bonds. The van der Waals surface area contributed by atoms with Crippen molar-refractivity contribution in [2.75, 3.05) is 13.3 Å². The third kappa shape index (κ3) is 6.43. The first-order valence-corrected chi connectivity index (χ1v) is 6.25. The second-order valence-corrected chi connectivity index (χ2v) is 4.22. The van der Waals surface area contributed by atoms with Crippen molar-refractivity contribution >= 4 is 0 Å². The van der Waals surface area contributed by atoms with E-state index in [1.165, 1.54) is 44.9 Å². The Labute approximate surface area is 94.3 Å². The van der Waals surface area contributed by atoms with Crippen molar-refractivity contribution in [3.05, 3.63) is 19.4 Å². The number of hydrogen-bond acceptors (Lipinski definition) is 2. The molecular weight excluding hydrogens is 186 g/mol. The van der Waals surface area contributed by atoms with Gasteiger partial charge in [0.05, 0.1) is 0 Å². The van der Waals surface area contributed by atoms with Gasteiger partial charge in [-0.05, 0) is 6.42 Å². The summed E-state index contributed by atoms with van der Waals surface area (Å²) in [5, 5.41) is 0. The van der Waals surface area contributed by atoms with Crippen LogP contribution in [0.5, 0.6) is 0 Å². The molecule has 87 valence electrons. The van der Waals surface area contributed by atoms with Crippen LogP contribution in [-0.4, -0.2) is 18.2 Å². The van der Waals surface area contributed by atoms with E-state index < -0.39 is 0 Å². The minimum atomic E-state index is 0.753. The number of ether oxygens (including phenoxy) is 1. The number of unbranched alkanes of at least 4 members (excludes halogenated alkanes) is 7. The fourth-order valence-corrected chi connectivity index (χ4v) is 1.83. The maximum absolute atomic E-state index is 5.12. The van der Waals surface area contributed by atoms with Gasteiger partial charge in [0, 0.05) is 12.7 Å². The van der Waals surface area contributed by atoms with Crippen LogP contribution in [0, 0.1) is 6.92 Å². The molecule has 0 bridgehead atoms. The molecule has 1 aliphatic heterocycles. The van der Waals surface area contributed by atoms with E-state index in [9.17, 15) is 0 Å². The van der Waals surface area contributed by atoms with Crippen LogP contribution in [0.1, 0.15) is 51.4 Å². The van der Waals surface area contributed by atoms with E-state index in [0.717, 1.165) is 19.7 Å². The van der Waals surface area contributed by atoms with Crippen LogP contribution >= 0.6 is 0 Å². The molecule has 0 fully saturated rings. The molecule has 1 heterocycles. The summed E-state index contributed by atoms with van der Waals surface area (Å²) in [6, 6.07) is 0. The lowest BCUT2D eigenvalue weighted by molar-refractivity contribution is 0.169. The van der Waals surface area contributed by atoms with E-state index >= 15 is 0 Å².